The largest absolute Gasteiger partial charge is 0.501 e. The summed E-state index contributed by atoms with van der Waals surface area (Å²) < 4.78 is 5.23. The first-order valence-corrected chi connectivity index (χ1v) is 9.96. The maximum atomic E-state index is 12.5. The number of rotatable bonds is 5. The summed E-state index contributed by atoms with van der Waals surface area (Å²) in [5, 5.41) is 3.62. The van der Waals surface area contributed by atoms with Gasteiger partial charge in [-0.2, -0.15) is 0 Å². The summed E-state index contributed by atoms with van der Waals surface area (Å²) in [6, 6.07) is 8.20. The normalized spacial score (nSPS) is 22.2. The minimum Gasteiger partial charge on any atom is -0.501 e. The first-order valence-electron chi connectivity index (χ1n) is 8.97. The molecule has 1 aromatic carbocycles. The second-order valence-electron chi connectivity index (χ2n) is 6.77. The van der Waals surface area contributed by atoms with Crippen LogP contribution < -0.4 is 11.1 Å². The van der Waals surface area contributed by atoms with Crippen molar-refractivity contribution in [2.45, 2.75) is 31.8 Å². The Morgan fingerprint density at radius 2 is 2.26 bits per heavy atom. The molecule has 0 spiro atoms. The fourth-order valence-electron chi connectivity index (χ4n) is 3.11. The molecule has 0 saturated heterocycles. The van der Waals surface area contributed by atoms with Crippen molar-refractivity contribution in [1.82, 2.24) is 5.32 Å². The zero-order chi connectivity index (χ0) is 19.3. The van der Waals surface area contributed by atoms with Crippen molar-refractivity contribution in [2.24, 2.45) is 10.7 Å². The van der Waals surface area contributed by atoms with Crippen molar-refractivity contribution in [3.05, 3.63) is 71.0 Å². The predicted molar refractivity (Wildman–Crippen MR) is 111 cm³/mol. The topological polar surface area (TPSA) is 76.7 Å². The quantitative estimate of drug-likeness (QED) is 0.817. The van der Waals surface area contributed by atoms with Gasteiger partial charge in [0.05, 0.1) is 18.4 Å². The monoisotopic (exact) mass is 383 g/mol. The number of nitrogens with one attached hydrogen (secondary N) is 1. The highest BCUT2D eigenvalue weighted by molar-refractivity contribution is 8.13. The van der Waals surface area contributed by atoms with Crippen LogP contribution in [0.4, 0.5) is 0 Å². The molecule has 1 heterocycles. The van der Waals surface area contributed by atoms with E-state index in [9.17, 15) is 4.79 Å². The van der Waals surface area contributed by atoms with Crippen LogP contribution in [0.5, 0.6) is 0 Å². The van der Waals surface area contributed by atoms with Gasteiger partial charge in [0, 0.05) is 24.3 Å². The molecule has 0 bridgehead atoms. The van der Waals surface area contributed by atoms with E-state index in [0.29, 0.717) is 23.7 Å². The van der Waals surface area contributed by atoms with Crippen molar-refractivity contribution in [3.8, 4) is 0 Å². The average Bonchev–Trinajstić information content (AvgIpc) is 2.92. The van der Waals surface area contributed by atoms with Gasteiger partial charge in [0.1, 0.15) is 0 Å². The number of nitrogens with zero attached hydrogens (tertiary/aromatic N) is 1. The summed E-state index contributed by atoms with van der Waals surface area (Å²) in [6.07, 6.45) is 9.00. The number of carbonyl (C=O) groups is 1. The van der Waals surface area contributed by atoms with Gasteiger partial charge in [-0.25, -0.2) is 0 Å². The van der Waals surface area contributed by atoms with Gasteiger partial charge >= 0.3 is 0 Å². The number of benzene rings is 1. The third-order valence-corrected chi connectivity index (χ3v) is 5.58. The molecule has 27 heavy (non-hydrogen) atoms. The maximum Gasteiger partial charge on any atom is 0.251 e. The zero-order valence-corrected chi connectivity index (χ0v) is 16.5. The average molecular weight is 384 g/mol. The Hall–Kier alpha value is -2.47. The number of methoxy groups -OCH3 is 1. The second-order valence-corrected chi connectivity index (χ2v) is 7.89. The Morgan fingerprint density at radius 1 is 1.41 bits per heavy atom. The van der Waals surface area contributed by atoms with Gasteiger partial charge in [-0.05, 0) is 36.6 Å². The molecule has 142 valence electrons. The molecular weight excluding hydrogens is 358 g/mol. The standard InChI is InChI=1S/C21H25N3O2S/c1-21(11-12-27-20(22)24-21)17-7-3-5-15(13-17)14-23-19(25)16-6-4-8-18(26-2)10-9-16/h3-7,9-10,13H,8,11-12,14H2,1-2H3,(H2,22,24)(H,23,25). The maximum absolute atomic E-state index is 12.5. The molecule has 0 aromatic heterocycles. The highest BCUT2D eigenvalue weighted by Gasteiger charge is 2.29. The Balaban J connectivity index is 1.69. The van der Waals surface area contributed by atoms with E-state index in [1.165, 1.54) is 0 Å². The Labute approximate surface area is 164 Å². The van der Waals surface area contributed by atoms with E-state index >= 15 is 0 Å². The molecule has 0 fully saturated rings. The molecule has 1 aromatic rings. The molecular formula is C21H25N3O2S. The van der Waals surface area contributed by atoms with Crippen LogP contribution in [0, 0.1) is 0 Å². The number of carbonyl (C=O) groups excluding carboxylic acids is 1. The third kappa shape index (κ3) is 4.83. The predicted octanol–water partition coefficient (Wildman–Crippen LogP) is 3.39. The number of hydrogen-bond acceptors (Lipinski definition) is 5. The number of allylic oxidation sites excluding steroid dienone is 3. The number of amidine groups is 1. The van der Waals surface area contributed by atoms with Gasteiger partial charge in [-0.15, -0.1) is 0 Å². The van der Waals surface area contributed by atoms with Crippen LogP contribution in [-0.4, -0.2) is 23.9 Å². The number of nitrogens with two attached hydrogens (primary N) is 1. The SMILES string of the molecule is COC1=CC=C(C(=O)NCc2cccc(C3(C)CCSC(N)=N3)c2)C=CC1. The molecule has 2 aliphatic rings. The van der Waals surface area contributed by atoms with Crippen LogP contribution in [0.3, 0.4) is 0 Å². The lowest BCUT2D eigenvalue weighted by Gasteiger charge is -2.30. The summed E-state index contributed by atoms with van der Waals surface area (Å²) in [4.78, 5) is 17.1. The molecule has 3 N–H and O–H groups in total. The molecule has 0 saturated carbocycles. The molecule has 3 rings (SSSR count). The molecule has 6 heteroatoms. The number of amides is 1. The summed E-state index contributed by atoms with van der Waals surface area (Å²) in [6.45, 7) is 2.57. The number of hydrogen-bond donors (Lipinski definition) is 2. The fraction of sp³-hybridized carbons (Fsp3) is 0.333. The molecule has 1 aliphatic carbocycles. The van der Waals surface area contributed by atoms with E-state index in [-0.39, 0.29) is 11.4 Å². The minimum atomic E-state index is -0.302. The van der Waals surface area contributed by atoms with Crippen molar-refractivity contribution in [3.63, 3.8) is 0 Å². The van der Waals surface area contributed by atoms with Crippen LogP contribution in [0.2, 0.25) is 0 Å². The highest BCUT2D eigenvalue weighted by Crippen LogP contribution is 2.35. The Morgan fingerprint density at radius 3 is 3.04 bits per heavy atom. The van der Waals surface area contributed by atoms with E-state index in [2.05, 4.69) is 29.4 Å². The number of ether oxygens (including phenoxy) is 1. The van der Waals surface area contributed by atoms with Crippen LogP contribution in [-0.2, 0) is 21.6 Å². The van der Waals surface area contributed by atoms with Gasteiger partial charge in [0.15, 0.2) is 5.17 Å². The molecule has 1 aliphatic heterocycles. The molecule has 1 unspecified atom stereocenters. The van der Waals surface area contributed by atoms with E-state index < -0.39 is 0 Å². The molecule has 5 nitrogen and oxygen atoms in total. The van der Waals surface area contributed by atoms with Crippen LogP contribution in [0.15, 0.2) is 64.9 Å². The van der Waals surface area contributed by atoms with Gasteiger partial charge < -0.3 is 15.8 Å². The van der Waals surface area contributed by atoms with Gasteiger partial charge in [0.2, 0.25) is 0 Å². The van der Waals surface area contributed by atoms with Crippen molar-refractivity contribution >= 4 is 22.8 Å². The van der Waals surface area contributed by atoms with Crippen molar-refractivity contribution < 1.29 is 9.53 Å². The summed E-state index contributed by atoms with van der Waals surface area (Å²) in [5.41, 5.74) is 8.41. The second kappa shape index (κ2) is 8.48. The third-order valence-electron chi connectivity index (χ3n) is 4.79. The lowest BCUT2D eigenvalue weighted by atomic mass is 9.89. The van der Waals surface area contributed by atoms with E-state index in [1.807, 2.05) is 30.4 Å². The van der Waals surface area contributed by atoms with Gasteiger partial charge in [0.25, 0.3) is 5.91 Å². The van der Waals surface area contributed by atoms with Crippen LogP contribution in [0.1, 0.15) is 30.9 Å². The van der Waals surface area contributed by atoms with E-state index in [4.69, 9.17) is 10.5 Å². The van der Waals surface area contributed by atoms with E-state index in [0.717, 1.165) is 29.1 Å². The summed E-state index contributed by atoms with van der Waals surface area (Å²) >= 11 is 1.60. The van der Waals surface area contributed by atoms with Crippen molar-refractivity contribution in [2.75, 3.05) is 12.9 Å². The molecule has 1 amide bonds. The number of aliphatic imine (C=N–C) groups is 1. The number of thioether (sulfide) groups is 1. The Bertz CT molecular complexity index is 842. The Kier molecular flexibility index (Phi) is 6.06. The van der Waals surface area contributed by atoms with Crippen molar-refractivity contribution in [1.29, 1.82) is 0 Å². The fourth-order valence-corrected chi connectivity index (χ4v) is 4.08. The van der Waals surface area contributed by atoms with Crippen LogP contribution >= 0.6 is 11.8 Å². The smallest absolute Gasteiger partial charge is 0.251 e. The lowest BCUT2D eigenvalue weighted by molar-refractivity contribution is -0.117. The first-order chi connectivity index (χ1) is 13.0. The van der Waals surface area contributed by atoms with E-state index in [1.54, 1.807) is 24.9 Å². The first kappa shape index (κ1) is 19.3. The lowest BCUT2D eigenvalue weighted by Crippen LogP contribution is -2.29. The van der Waals surface area contributed by atoms with Gasteiger partial charge in [-0.1, -0.05) is 48.2 Å². The van der Waals surface area contributed by atoms with Gasteiger partial charge in [-0.3, -0.25) is 9.79 Å². The highest BCUT2D eigenvalue weighted by atomic mass is 32.2. The zero-order valence-electron chi connectivity index (χ0n) is 15.7. The molecule has 0 radical (unpaired) electrons. The summed E-state index contributed by atoms with van der Waals surface area (Å²) in [7, 11) is 1.63. The summed E-state index contributed by atoms with van der Waals surface area (Å²) in [5.74, 6) is 1.69. The van der Waals surface area contributed by atoms with Crippen LogP contribution in [0.25, 0.3) is 0 Å². The molecule has 1 atom stereocenters. The minimum absolute atomic E-state index is 0.104.